The van der Waals surface area contributed by atoms with Gasteiger partial charge in [0.1, 0.15) is 6.10 Å². The number of carboxylic acid groups (broad SMARTS) is 1. The lowest BCUT2D eigenvalue weighted by Gasteiger charge is -2.15. The number of rotatable bonds is 7. The van der Waals surface area contributed by atoms with Gasteiger partial charge in [-0.05, 0) is 24.6 Å². The lowest BCUT2D eigenvalue weighted by molar-refractivity contribution is -0.154. The quantitative estimate of drug-likeness (QED) is 0.594. The van der Waals surface area contributed by atoms with E-state index in [1.54, 1.807) is 0 Å². The van der Waals surface area contributed by atoms with E-state index in [0.29, 0.717) is 5.56 Å². The minimum atomic E-state index is -4.47. The molecule has 0 aliphatic heterocycles. The summed E-state index contributed by atoms with van der Waals surface area (Å²) in [7, 11) is 0. The Morgan fingerprint density at radius 2 is 1.76 bits per heavy atom. The van der Waals surface area contributed by atoms with Crippen LogP contribution in [-0.2, 0) is 30.0 Å². The summed E-state index contributed by atoms with van der Waals surface area (Å²) in [6.07, 6.45) is -5.85. The predicted molar refractivity (Wildman–Crippen MR) is 78.3 cm³/mol. The van der Waals surface area contributed by atoms with Gasteiger partial charge in [0.2, 0.25) is 0 Å². The van der Waals surface area contributed by atoms with Crippen LogP contribution in [0.25, 0.3) is 0 Å². The number of hydrogen-bond donors (Lipinski definition) is 1. The Bertz CT molecular complexity index is 663. The molecule has 1 aromatic rings. The second kappa shape index (κ2) is 8.32. The molecule has 6 nitrogen and oxygen atoms in total. The molecule has 1 rings (SSSR count). The van der Waals surface area contributed by atoms with Gasteiger partial charge in [0.05, 0.1) is 12.0 Å². The van der Waals surface area contributed by atoms with Crippen LogP contribution in [0.4, 0.5) is 13.2 Å². The van der Waals surface area contributed by atoms with Crippen LogP contribution in [0.3, 0.4) is 0 Å². The van der Waals surface area contributed by atoms with Crippen molar-refractivity contribution in [2.45, 2.75) is 25.6 Å². The van der Waals surface area contributed by atoms with Crippen molar-refractivity contribution in [2.75, 3.05) is 6.61 Å². The van der Waals surface area contributed by atoms with Gasteiger partial charge in [-0.1, -0.05) is 18.7 Å². The molecule has 0 spiro atoms. The van der Waals surface area contributed by atoms with Gasteiger partial charge in [-0.15, -0.1) is 0 Å². The van der Waals surface area contributed by atoms with Gasteiger partial charge in [-0.2, -0.15) is 13.2 Å². The molecule has 0 bridgehead atoms. The number of carboxylic acids is 1. The van der Waals surface area contributed by atoms with Gasteiger partial charge in [-0.25, -0.2) is 9.59 Å². The molecule has 1 atom stereocenters. The first kappa shape index (κ1) is 20.2. The zero-order chi connectivity index (χ0) is 19.2. The van der Waals surface area contributed by atoms with E-state index >= 15 is 0 Å². The van der Waals surface area contributed by atoms with E-state index in [4.69, 9.17) is 9.84 Å². The van der Waals surface area contributed by atoms with Gasteiger partial charge in [0.15, 0.2) is 6.61 Å². The van der Waals surface area contributed by atoms with Gasteiger partial charge in [-0.3, -0.25) is 4.79 Å². The third-order valence-corrected chi connectivity index (χ3v) is 2.99. The van der Waals surface area contributed by atoms with Crippen molar-refractivity contribution in [2.24, 2.45) is 0 Å². The summed E-state index contributed by atoms with van der Waals surface area (Å²) in [5.41, 5.74) is -0.796. The number of carbonyl (C=O) groups is 3. The van der Waals surface area contributed by atoms with Crippen molar-refractivity contribution in [3.8, 4) is 0 Å². The molecule has 0 radical (unpaired) electrons. The lowest BCUT2D eigenvalue weighted by Crippen LogP contribution is -2.17. The molecule has 0 aliphatic carbocycles. The molecule has 0 fully saturated rings. The van der Waals surface area contributed by atoms with Gasteiger partial charge in [0.25, 0.3) is 0 Å². The zero-order valence-corrected chi connectivity index (χ0v) is 13.1. The molecule has 0 saturated carbocycles. The van der Waals surface area contributed by atoms with Crippen molar-refractivity contribution < 1.29 is 42.1 Å². The molecular formula is C16H15F3O6. The minimum Gasteiger partial charge on any atom is -0.479 e. The number of ether oxygens (including phenoxy) is 2. The fraction of sp³-hybridized carbons (Fsp3) is 0.312. The highest BCUT2D eigenvalue weighted by molar-refractivity contribution is 5.94. The third kappa shape index (κ3) is 6.66. The number of halogens is 3. The van der Waals surface area contributed by atoms with Crippen molar-refractivity contribution in [1.82, 2.24) is 0 Å². The first-order chi connectivity index (χ1) is 11.5. The molecule has 1 N–H and O–H groups in total. The summed E-state index contributed by atoms with van der Waals surface area (Å²) in [6, 6.07) is 4.08. The minimum absolute atomic E-state index is 0.300. The van der Waals surface area contributed by atoms with E-state index in [9.17, 15) is 27.6 Å². The molecule has 0 saturated heterocycles. The topological polar surface area (TPSA) is 89.9 Å². The molecule has 136 valence electrons. The fourth-order valence-corrected chi connectivity index (χ4v) is 1.73. The Hall–Kier alpha value is -2.84. The third-order valence-electron chi connectivity index (χ3n) is 2.99. The Balaban J connectivity index is 2.57. The summed E-state index contributed by atoms with van der Waals surface area (Å²) >= 11 is 0. The second-order valence-corrected chi connectivity index (χ2v) is 5.00. The van der Waals surface area contributed by atoms with Crippen LogP contribution in [0, 0.1) is 0 Å². The maximum atomic E-state index is 12.5. The molecule has 0 unspecified atom stereocenters. The SMILES string of the molecule is C=C(CC(=O)O[C@@H](C)c1ccc(C(F)(F)F)cc1)C(=O)OCC(=O)O. The number of esters is 2. The molecule has 0 amide bonds. The van der Waals surface area contributed by atoms with E-state index in [0.717, 1.165) is 12.1 Å². The fourth-order valence-electron chi connectivity index (χ4n) is 1.73. The lowest BCUT2D eigenvalue weighted by atomic mass is 10.1. The van der Waals surface area contributed by atoms with Crippen molar-refractivity contribution in [3.63, 3.8) is 0 Å². The molecular weight excluding hydrogens is 345 g/mol. The second-order valence-electron chi connectivity index (χ2n) is 5.00. The summed E-state index contributed by atoms with van der Waals surface area (Å²) in [5, 5.41) is 8.37. The summed E-state index contributed by atoms with van der Waals surface area (Å²) in [5.74, 6) is -3.27. The largest absolute Gasteiger partial charge is 0.479 e. The van der Waals surface area contributed by atoms with Gasteiger partial charge < -0.3 is 14.6 Å². The zero-order valence-electron chi connectivity index (χ0n) is 13.1. The van der Waals surface area contributed by atoms with Crippen molar-refractivity contribution in [1.29, 1.82) is 0 Å². The molecule has 1 aromatic carbocycles. The van der Waals surface area contributed by atoms with Crippen LogP contribution in [0.15, 0.2) is 36.4 Å². The van der Waals surface area contributed by atoms with Crippen molar-refractivity contribution >= 4 is 17.9 Å². The number of benzene rings is 1. The highest BCUT2D eigenvalue weighted by Crippen LogP contribution is 2.30. The Kier molecular flexibility index (Phi) is 6.72. The maximum absolute atomic E-state index is 12.5. The average Bonchev–Trinajstić information content (AvgIpc) is 2.51. The summed E-state index contributed by atoms with van der Waals surface area (Å²) in [6.45, 7) is 3.88. The number of alkyl halides is 3. The molecule has 0 heterocycles. The first-order valence-corrected chi connectivity index (χ1v) is 6.94. The smallest absolute Gasteiger partial charge is 0.416 e. The van der Waals surface area contributed by atoms with E-state index in [-0.39, 0.29) is 5.57 Å². The normalized spacial score (nSPS) is 12.2. The van der Waals surface area contributed by atoms with Crippen LogP contribution in [0.1, 0.15) is 30.6 Å². The van der Waals surface area contributed by atoms with Crippen LogP contribution < -0.4 is 0 Å². The Morgan fingerprint density at radius 1 is 1.20 bits per heavy atom. The Labute approximate surface area is 140 Å². The molecule has 25 heavy (non-hydrogen) atoms. The van der Waals surface area contributed by atoms with E-state index in [1.165, 1.54) is 19.1 Å². The molecule has 0 aromatic heterocycles. The van der Waals surface area contributed by atoms with Crippen LogP contribution in [0.2, 0.25) is 0 Å². The van der Waals surface area contributed by atoms with Crippen LogP contribution >= 0.6 is 0 Å². The van der Waals surface area contributed by atoms with Gasteiger partial charge in [0, 0.05) is 5.57 Å². The highest BCUT2D eigenvalue weighted by atomic mass is 19.4. The number of aliphatic carboxylic acids is 1. The predicted octanol–water partition coefficient (Wildman–Crippen LogP) is 2.88. The number of carbonyl (C=O) groups excluding carboxylic acids is 2. The standard InChI is InChI=1S/C16H15F3O6/c1-9(15(23)24-8-13(20)21)7-14(22)25-10(2)11-3-5-12(6-4-11)16(17,18)19/h3-6,10H,1,7-8H2,2H3,(H,20,21)/t10-/m0/s1. The van der Waals surface area contributed by atoms with Crippen LogP contribution in [-0.4, -0.2) is 29.6 Å². The van der Waals surface area contributed by atoms with Gasteiger partial charge >= 0.3 is 24.1 Å². The van der Waals surface area contributed by atoms with Crippen molar-refractivity contribution in [3.05, 3.63) is 47.5 Å². The summed E-state index contributed by atoms with van der Waals surface area (Å²) in [4.78, 5) is 33.4. The van der Waals surface area contributed by atoms with E-state index < -0.39 is 48.8 Å². The summed E-state index contributed by atoms with van der Waals surface area (Å²) < 4.78 is 46.8. The first-order valence-electron chi connectivity index (χ1n) is 6.94. The monoisotopic (exact) mass is 360 g/mol. The highest BCUT2D eigenvalue weighted by Gasteiger charge is 2.30. The maximum Gasteiger partial charge on any atom is 0.416 e. The average molecular weight is 360 g/mol. The molecule has 9 heteroatoms. The Morgan fingerprint density at radius 3 is 2.24 bits per heavy atom. The van der Waals surface area contributed by atoms with Crippen LogP contribution in [0.5, 0.6) is 0 Å². The molecule has 0 aliphatic rings. The van der Waals surface area contributed by atoms with E-state index in [2.05, 4.69) is 11.3 Å². The van der Waals surface area contributed by atoms with E-state index in [1.807, 2.05) is 0 Å². The number of hydrogen-bond acceptors (Lipinski definition) is 5.